The lowest BCUT2D eigenvalue weighted by molar-refractivity contribution is -0.117. The number of hydrogen-bond acceptors (Lipinski definition) is 4. The normalized spacial score (nSPS) is 14.5. The van der Waals surface area contributed by atoms with Crippen molar-refractivity contribution in [2.24, 2.45) is 0 Å². The van der Waals surface area contributed by atoms with Gasteiger partial charge >= 0.3 is 0 Å². The van der Waals surface area contributed by atoms with E-state index in [2.05, 4.69) is 4.72 Å². The molecule has 2 aromatic rings. The number of anilines is 1. The summed E-state index contributed by atoms with van der Waals surface area (Å²) in [6.07, 6.45) is 2.79. The molecule has 0 aromatic heterocycles. The van der Waals surface area contributed by atoms with E-state index < -0.39 is 10.0 Å². The van der Waals surface area contributed by atoms with Gasteiger partial charge < -0.3 is 9.64 Å². The number of sulfonamides is 1. The molecule has 0 unspecified atom stereocenters. The molecule has 0 saturated carbocycles. The summed E-state index contributed by atoms with van der Waals surface area (Å²) in [6, 6.07) is 14.3. The summed E-state index contributed by atoms with van der Waals surface area (Å²) in [5.41, 5.74) is 1.82. The minimum atomic E-state index is -3.57. The monoisotopic (exact) mass is 402 g/mol. The van der Waals surface area contributed by atoms with Gasteiger partial charge in [-0.25, -0.2) is 13.1 Å². The summed E-state index contributed by atoms with van der Waals surface area (Å²) in [5, 5.41) is 0. The predicted molar refractivity (Wildman–Crippen MR) is 109 cm³/mol. The average molecular weight is 403 g/mol. The molecule has 1 heterocycles. The zero-order valence-corrected chi connectivity index (χ0v) is 16.9. The van der Waals surface area contributed by atoms with Crippen molar-refractivity contribution >= 4 is 21.6 Å². The van der Waals surface area contributed by atoms with Crippen molar-refractivity contribution < 1.29 is 17.9 Å². The van der Waals surface area contributed by atoms with Crippen molar-refractivity contribution in [3.8, 4) is 5.75 Å². The molecular formula is C21H26N2O4S. The van der Waals surface area contributed by atoms with Crippen molar-refractivity contribution in [1.82, 2.24) is 4.72 Å². The second-order valence-electron chi connectivity index (χ2n) is 6.68. The third kappa shape index (κ3) is 4.91. The number of nitrogens with zero attached hydrogens (tertiary/aromatic N) is 1. The zero-order chi connectivity index (χ0) is 20.0. The molecule has 0 bridgehead atoms. The molecule has 6 nitrogen and oxygen atoms in total. The zero-order valence-electron chi connectivity index (χ0n) is 16.1. The smallest absolute Gasteiger partial charge is 0.240 e. The highest BCUT2D eigenvalue weighted by Crippen LogP contribution is 2.23. The van der Waals surface area contributed by atoms with Crippen LogP contribution in [0.2, 0.25) is 0 Å². The molecule has 0 radical (unpaired) electrons. The Morgan fingerprint density at radius 1 is 1.11 bits per heavy atom. The van der Waals surface area contributed by atoms with E-state index in [-0.39, 0.29) is 10.8 Å². The minimum Gasteiger partial charge on any atom is -0.494 e. The van der Waals surface area contributed by atoms with Gasteiger partial charge in [-0.3, -0.25) is 4.79 Å². The Balaban J connectivity index is 1.55. The maximum atomic E-state index is 12.5. The second-order valence-corrected chi connectivity index (χ2v) is 8.45. The Labute approximate surface area is 166 Å². The second kappa shape index (κ2) is 9.21. The number of aryl methyl sites for hydroxylation is 1. The topological polar surface area (TPSA) is 75.7 Å². The lowest BCUT2D eigenvalue weighted by atomic mass is 10.1. The fraction of sp³-hybridized carbons (Fsp3) is 0.381. The Bertz CT molecular complexity index is 910. The number of carbonyl (C=O) groups is 1. The van der Waals surface area contributed by atoms with Crippen LogP contribution in [-0.4, -0.2) is 34.0 Å². The highest BCUT2D eigenvalue weighted by atomic mass is 32.2. The fourth-order valence-electron chi connectivity index (χ4n) is 3.30. The van der Waals surface area contributed by atoms with Crippen molar-refractivity contribution in [2.75, 3.05) is 24.6 Å². The Morgan fingerprint density at radius 2 is 1.86 bits per heavy atom. The minimum absolute atomic E-state index is 0.0843. The van der Waals surface area contributed by atoms with Crippen LogP contribution in [0.15, 0.2) is 53.4 Å². The highest BCUT2D eigenvalue weighted by Gasteiger charge is 2.22. The van der Waals surface area contributed by atoms with Crippen LogP contribution in [-0.2, 0) is 21.2 Å². The Kier molecular flexibility index (Phi) is 6.70. The van der Waals surface area contributed by atoms with Gasteiger partial charge in [0.15, 0.2) is 0 Å². The van der Waals surface area contributed by atoms with Crippen LogP contribution in [0.5, 0.6) is 5.75 Å². The molecular weight excluding hydrogens is 376 g/mol. The maximum absolute atomic E-state index is 12.5. The van der Waals surface area contributed by atoms with E-state index in [0.717, 1.165) is 29.8 Å². The summed E-state index contributed by atoms with van der Waals surface area (Å²) in [4.78, 5) is 13.7. The molecule has 0 spiro atoms. The molecule has 1 aliphatic heterocycles. The predicted octanol–water partition coefficient (Wildman–Crippen LogP) is 3.12. The summed E-state index contributed by atoms with van der Waals surface area (Å²) < 4.78 is 33.2. The molecule has 150 valence electrons. The van der Waals surface area contributed by atoms with Gasteiger partial charge in [-0.05, 0) is 62.1 Å². The molecule has 2 aromatic carbocycles. The molecule has 1 fully saturated rings. The van der Waals surface area contributed by atoms with Gasteiger partial charge in [-0.15, -0.1) is 0 Å². The van der Waals surface area contributed by atoms with E-state index in [1.54, 1.807) is 29.2 Å². The molecule has 1 N–H and O–H groups in total. The molecule has 3 rings (SSSR count). The Morgan fingerprint density at radius 3 is 2.54 bits per heavy atom. The molecule has 1 aliphatic rings. The maximum Gasteiger partial charge on any atom is 0.240 e. The largest absolute Gasteiger partial charge is 0.494 e. The van der Waals surface area contributed by atoms with E-state index >= 15 is 0 Å². The van der Waals surface area contributed by atoms with Gasteiger partial charge in [0.1, 0.15) is 5.75 Å². The molecule has 1 amide bonds. The van der Waals surface area contributed by atoms with Crippen LogP contribution in [0, 0.1) is 0 Å². The van der Waals surface area contributed by atoms with Crippen molar-refractivity contribution in [3.05, 3.63) is 54.1 Å². The average Bonchev–Trinajstić information content (AvgIpc) is 3.13. The summed E-state index contributed by atoms with van der Waals surface area (Å²) in [5.74, 6) is 0.931. The number of carbonyl (C=O) groups excluding carboxylic acids is 1. The van der Waals surface area contributed by atoms with E-state index in [1.165, 1.54) is 0 Å². The third-order valence-electron chi connectivity index (χ3n) is 4.72. The first-order valence-electron chi connectivity index (χ1n) is 9.62. The number of ether oxygens (including phenoxy) is 1. The number of para-hydroxylation sites is 1. The highest BCUT2D eigenvalue weighted by molar-refractivity contribution is 7.89. The van der Waals surface area contributed by atoms with Crippen LogP contribution in [0.1, 0.15) is 31.7 Å². The van der Waals surface area contributed by atoms with Crippen molar-refractivity contribution in [2.45, 2.75) is 37.5 Å². The molecule has 1 saturated heterocycles. The first kappa shape index (κ1) is 20.4. The summed E-state index contributed by atoms with van der Waals surface area (Å²) in [6.45, 7) is 3.57. The standard InChI is InChI=1S/C21H26N2O4S/c1-2-27-20-9-4-3-7-17(20)8-5-15-22-28(25,26)19-13-11-18(12-14-19)23-16-6-10-21(23)24/h3-4,7,9,11-14,22H,2,5-6,8,10,15-16H2,1H3. The van der Waals surface area contributed by atoms with E-state index in [1.807, 2.05) is 31.2 Å². The third-order valence-corrected chi connectivity index (χ3v) is 6.20. The van der Waals surface area contributed by atoms with Crippen LogP contribution in [0.3, 0.4) is 0 Å². The van der Waals surface area contributed by atoms with Gasteiger partial charge in [0.2, 0.25) is 15.9 Å². The van der Waals surface area contributed by atoms with Crippen LogP contribution < -0.4 is 14.4 Å². The summed E-state index contributed by atoms with van der Waals surface area (Å²) >= 11 is 0. The number of nitrogens with one attached hydrogen (secondary N) is 1. The first-order chi connectivity index (χ1) is 13.5. The SMILES string of the molecule is CCOc1ccccc1CCCNS(=O)(=O)c1ccc(N2CCCC2=O)cc1. The molecule has 0 aliphatic carbocycles. The van der Waals surface area contributed by atoms with E-state index in [4.69, 9.17) is 4.74 Å². The van der Waals surface area contributed by atoms with E-state index in [0.29, 0.717) is 32.5 Å². The van der Waals surface area contributed by atoms with Crippen molar-refractivity contribution in [1.29, 1.82) is 0 Å². The fourth-order valence-corrected chi connectivity index (χ4v) is 4.38. The first-order valence-corrected chi connectivity index (χ1v) is 11.1. The number of amides is 1. The van der Waals surface area contributed by atoms with Gasteiger partial charge in [0.25, 0.3) is 0 Å². The van der Waals surface area contributed by atoms with Gasteiger partial charge in [-0.1, -0.05) is 18.2 Å². The molecule has 0 atom stereocenters. The van der Waals surface area contributed by atoms with Crippen LogP contribution in [0.4, 0.5) is 5.69 Å². The van der Waals surface area contributed by atoms with Crippen molar-refractivity contribution in [3.63, 3.8) is 0 Å². The van der Waals surface area contributed by atoms with Crippen LogP contribution in [0.25, 0.3) is 0 Å². The lowest BCUT2D eigenvalue weighted by Gasteiger charge is -2.16. The number of benzene rings is 2. The Hall–Kier alpha value is -2.38. The van der Waals surface area contributed by atoms with E-state index in [9.17, 15) is 13.2 Å². The van der Waals surface area contributed by atoms with Gasteiger partial charge in [0, 0.05) is 25.2 Å². The number of hydrogen-bond donors (Lipinski definition) is 1. The quantitative estimate of drug-likeness (QED) is 0.654. The number of rotatable bonds is 9. The summed E-state index contributed by atoms with van der Waals surface area (Å²) in [7, 11) is -3.57. The van der Waals surface area contributed by atoms with Gasteiger partial charge in [-0.2, -0.15) is 0 Å². The molecule has 28 heavy (non-hydrogen) atoms. The molecule has 7 heteroatoms. The van der Waals surface area contributed by atoms with Gasteiger partial charge in [0.05, 0.1) is 11.5 Å². The lowest BCUT2D eigenvalue weighted by Crippen LogP contribution is -2.26. The van der Waals surface area contributed by atoms with Crippen LogP contribution >= 0.6 is 0 Å².